The van der Waals surface area contributed by atoms with Crippen LogP contribution in [0, 0.1) is 5.92 Å². The molecular formula is C21H27ClN2O3S. The molecule has 1 amide bonds. The molecule has 1 N–H and O–H groups in total. The van der Waals surface area contributed by atoms with Crippen LogP contribution in [-0.4, -0.2) is 38.3 Å². The first-order valence-electron chi connectivity index (χ1n) is 9.35. The van der Waals surface area contributed by atoms with E-state index in [1.54, 1.807) is 0 Å². The van der Waals surface area contributed by atoms with E-state index in [9.17, 15) is 13.2 Å². The summed E-state index contributed by atoms with van der Waals surface area (Å²) in [7, 11) is -3.81. The number of halogens is 1. The Balaban J connectivity index is 2.14. The van der Waals surface area contributed by atoms with E-state index in [-0.39, 0.29) is 23.9 Å². The molecular weight excluding hydrogens is 396 g/mol. The molecule has 0 atom stereocenters. The number of amides is 1. The van der Waals surface area contributed by atoms with E-state index < -0.39 is 10.0 Å². The van der Waals surface area contributed by atoms with Gasteiger partial charge in [0.2, 0.25) is 15.9 Å². The Morgan fingerprint density at radius 3 is 2.32 bits per heavy atom. The molecule has 5 nitrogen and oxygen atoms in total. The highest BCUT2D eigenvalue weighted by atomic mass is 35.5. The molecule has 0 radical (unpaired) electrons. The third-order valence-corrected chi connectivity index (χ3v) is 6.42. The van der Waals surface area contributed by atoms with Gasteiger partial charge in [-0.15, -0.1) is 0 Å². The van der Waals surface area contributed by atoms with Gasteiger partial charge in [0.15, 0.2) is 0 Å². The predicted molar refractivity (Wildman–Crippen MR) is 113 cm³/mol. The van der Waals surface area contributed by atoms with Crippen LogP contribution in [0.3, 0.4) is 0 Å². The van der Waals surface area contributed by atoms with Crippen LogP contribution in [0.5, 0.6) is 0 Å². The van der Waals surface area contributed by atoms with Gasteiger partial charge in [0.1, 0.15) is 0 Å². The summed E-state index contributed by atoms with van der Waals surface area (Å²) < 4.78 is 27.4. The summed E-state index contributed by atoms with van der Waals surface area (Å²) in [5.74, 6) is 0.165. The van der Waals surface area contributed by atoms with Crippen LogP contribution in [0.25, 0.3) is 0 Å². The van der Waals surface area contributed by atoms with E-state index >= 15 is 0 Å². The molecule has 0 saturated carbocycles. The molecule has 2 rings (SSSR count). The van der Waals surface area contributed by atoms with Crippen molar-refractivity contribution in [2.75, 3.05) is 19.6 Å². The Hall–Kier alpha value is -1.89. The summed E-state index contributed by atoms with van der Waals surface area (Å²) in [6.07, 6.45) is 1.37. The maximum Gasteiger partial charge on any atom is 0.243 e. The number of rotatable bonds is 10. The molecule has 0 bridgehead atoms. The van der Waals surface area contributed by atoms with E-state index in [1.165, 1.54) is 28.6 Å². The molecule has 0 aliphatic carbocycles. The lowest BCUT2D eigenvalue weighted by atomic mass is 10.1. The van der Waals surface area contributed by atoms with Crippen molar-refractivity contribution in [2.45, 2.75) is 31.6 Å². The Bertz CT molecular complexity index is 853. The van der Waals surface area contributed by atoms with Crippen LogP contribution in [0.1, 0.15) is 25.8 Å². The standard InChI is InChI=1S/C21H27ClN2O3S/c1-17(2)12-14-23-21(25)16-24(15-13-18-6-4-3-5-7-18)28(26,27)20-10-8-19(22)9-11-20/h3-11,17H,12-16H2,1-2H3,(H,23,25). The number of sulfonamides is 1. The fraction of sp³-hybridized carbons (Fsp3) is 0.381. The summed E-state index contributed by atoms with van der Waals surface area (Å²) in [4.78, 5) is 12.5. The number of hydrogen-bond donors (Lipinski definition) is 1. The molecule has 7 heteroatoms. The molecule has 2 aromatic rings. The predicted octanol–water partition coefficient (Wildman–Crippen LogP) is 3.74. The maximum atomic E-state index is 13.1. The minimum atomic E-state index is -3.81. The largest absolute Gasteiger partial charge is 0.355 e. The topological polar surface area (TPSA) is 66.5 Å². The van der Waals surface area contributed by atoms with E-state index in [0.29, 0.717) is 23.9 Å². The van der Waals surface area contributed by atoms with Gasteiger partial charge in [0.05, 0.1) is 11.4 Å². The highest BCUT2D eigenvalue weighted by Crippen LogP contribution is 2.19. The molecule has 0 aliphatic heterocycles. The van der Waals surface area contributed by atoms with Gasteiger partial charge in [-0.05, 0) is 48.6 Å². The van der Waals surface area contributed by atoms with Crippen molar-refractivity contribution in [2.24, 2.45) is 5.92 Å². The van der Waals surface area contributed by atoms with Gasteiger partial charge in [0.25, 0.3) is 0 Å². The van der Waals surface area contributed by atoms with Gasteiger partial charge in [0, 0.05) is 18.1 Å². The lowest BCUT2D eigenvalue weighted by molar-refractivity contribution is -0.121. The molecule has 0 spiro atoms. The zero-order valence-electron chi connectivity index (χ0n) is 16.3. The first kappa shape index (κ1) is 22.4. The van der Waals surface area contributed by atoms with E-state index in [4.69, 9.17) is 11.6 Å². The summed E-state index contributed by atoms with van der Waals surface area (Å²) >= 11 is 5.88. The molecule has 0 aliphatic rings. The third kappa shape index (κ3) is 6.93. The minimum Gasteiger partial charge on any atom is -0.355 e. The monoisotopic (exact) mass is 422 g/mol. The van der Waals surface area contributed by atoms with Crippen molar-refractivity contribution in [3.05, 3.63) is 65.2 Å². The van der Waals surface area contributed by atoms with Gasteiger partial charge in [-0.25, -0.2) is 8.42 Å². The first-order chi connectivity index (χ1) is 13.3. The Morgan fingerprint density at radius 1 is 1.07 bits per heavy atom. The Kier molecular flexibility index (Phi) is 8.48. The van der Waals surface area contributed by atoms with E-state index in [2.05, 4.69) is 19.2 Å². The van der Waals surface area contributed by atoms with Crippen molar-refractivity contribution in [1.82, 2.24) is 9.62 Å². The lowest BCUT2D eigenvalue weighted by Gasteiger charge is -2.22. The zero-order valence-corrected chi connectivity index (χ0v) is 17.8. The molecule has 0 saturated heterocycles. The maximum absolute atomic E-state index is 13.1. The number of carbonyl (C=O) groups excluding carboxylic acids is 1. The van der Waals surface area contributed by atoms with Crippen molar-refractivity contribution in [3.8, 4) is 0 Å². The smallest absolute Gasteiger partial charge is 0.243 e. The fourth-order valence-electron chi connectivity index (χ4n) is 2.65. The normalized spacial score (nSPS) is 11.8. The second-order valence-corrected chi connectivity index (χ2v) is 9.43. The van der Waals surface area contributed by atoms with Crippen LogP contribution in [-0.2, 0) is 21.2 Å². The number of benzene rings is 2. The van der Waals surface area contributed by atoms with Crippen molar-refractivity contribution < 1.29 is 13.2 Å². The van der Waals surface area contributed by atoms with Gasteiger partial charge in [-0.1, -0.05) is 55.8 Å². The number of hydrogen-bond acceptors (Lipinski definition) is 3. The van der Waals surface area contributed by atoms with Crippen LogP contribution in [0.15, 0.2) is 59.5 Å². The lowest BCUT2D eigenvalue weighted by Crippen LogP contribution is -2.42. The Labute approximate surface area is 172 Å². The van der Waals surface area contributed by atoms with Gasteiger partial charge in [-0.2, -0.15) is 4.31 Å². The summed E-state index contributed by atoms with van der Waals surface area (Å²) in [6, 6.07) is 15.6. The van der Waals surface area contributed by atoms with Crippen molar-refractivity contribution in [1.29, 1.82) is 0 Å². The van der Waals surface area contributed by atoms with Crippen LogP contribution < -0.4 is 5.32 Å². The first-order valence-corrected chi connectivity index (χ1v) is 11.2. The average molecular weight is 423 g/mol. The third-order valence-electron chi connectivity index (χ3n) is 4.31. The highest BCUT2D eigenvalue weighted by molar-refractivity contribution is 7.89. The SMILES string of the molecule is CC(C)CCNC(=O)CN(CCc1ccccc1)S(=O)(=O)c1ccc(Cl)cc1. The minimum absolute atomic E-state index is 0.125. The van der Waals surface area contributed by atoms with E-state index in [0.717, 1.165) is 12.0 Å². The number of carbonyl (C=O) groups is 1. The number of nitrogens with zero attached hydrogens (tertiary/aromatic N) is 1. The highest BCUT2D eigenvalue weighted by Gasteiger charge is 2.26. The number of nitrogens with one attached hydrogen (secondary N) is 1. The molecule has 0 fully saturated rings. The molecule has 0 unspecified atom stereocenters. The van der Waals surface area contributed by atoms with Gasteiger partial charge in [-0.3, -0.25) is 4.79 Å². The van der Waals surface area contributed by atoms with Crippen LogP contribution >= 0.6 is 11.6 Å². The molecule has 2 aromatic carbocycles. The van der Waals surface area contributed by atoms with Crippen LogP contribution in [0.4, 0.5) is 0 Å². The summed E-state index contributed by atoms with van der Waals surface area (Å²) in [5, 5.41) is 3.27. The molecule has 0 heterocycles. The average Bonchev–Trinajstić information content (AvgIpc) is 2.66. The van der Waals surface area contributed by atoms with Gasteiger partial charge >= 0.3 is 0 Å². The Morgan fingerprint density at radius 2 is 1.71 bits per heavy atom. The summed E-state index contributed by atoms with van der Waals surface area (Å²) in [6.45, 7) is 4.68. The zero-order chi connectivity index (χ0) is 20.6. The van der Waals surface area contributed by atoms with E-state index in [1.807, 2.05) is 30.3 Å². The van der Waals surface area contributed by atoms with Crippen molar-refractivity contribution >= 4 is 27.5 Å². The molecule has 0 aromatic heterocycles. The fourth-order valence-corrected chi connectivity index (χ4v) is 4.18. The van der Waals surface area contributed by atoms with Gasteiger partial charge < -0.3 is 5.32 Å². The molecule has 152 valence electrons. The second kappa shape index (κ2) is 10.6. The molecule has 28 heavy (non-hydrogen) atoms. The second-order valence-electron chi connectivity index (χ2n) is 7.06. The summed E-state index contributed by atoms with van der Waals surface area (Å²) in [5.41, 5.74) is 1.01. The van der Waals surface area contributed by atoms with Crippen molar-refractivity contribution in [3.63, 3.8) is 0 Å². The van der Waals surface area contributed by atoms with Crippen LogP contribution in [0.2, 0.25) is 5.02 Å². The quantitative estimate of drug-likeness (QED) is 0.634.